The number of carbonyl (C=O) groups is 1. The predicted octanol–water partition coefficient (Wildman–Crippen LogP) is 0.256. The van der Waals surface area contributed by atoms with E-state index in [-0.39, 0.29) is 18.1 Å². The van der Waals surface area contributed by atoms with E-state index in [0.717, 1.165) is 19.3 Å². The Morgan fingerprint density at radius 2 is 1.68 bits per heavy atom. The second-order valence-corrected chi connectivity index (χ2v) is 9.53. The molecule has 1 amide bonds. The summed E-state index contributed by atoms with van der Waals surface area (Å²) in [7, 11) is -3.41. The first-order valence-electron chi connectivity index (χ1n) is 8.18. The fraction of sp³-hybridized carbons (Fsp3) is 0.933. The van der Waals surface area contributed by atoms with Crippen molar-refractivity contribution in [3.8, 4) is 0 Å². The smallest absolute Gasteiger partial charge is 0.240 e. The second kappa shape index (κ2) is 6.84. The molecule has 0 spiro atoms. The molecule has 6 nitrogen and oxygen atoms in total. The summed E-state index contributed by atoms with van der Waals surface area (Å²) < 4.78 is 24.3. The lowest BCUT2D eigenvalue weighted by Gasteiger charge is -2.39. The second-order valence-electron chi connectivity index (χ2n) is 6.71. The van der Waals surface area contributed by atoms with Crippen LogP contribution in [0, 0.1) is 0 Å². The molecule has 1 aliphatic heterocycles. The van der Waals surface area contributed by atoms with E-state index in [4.69, 9.17) is 0 Å². The molecule has 7 heteroatoms. The molecule has 0 aromatic rings. The summed E-state index contributed by atoms with van der Waals surface area (Å²) >= 11 is 0. The summed E-state index contributed by atoms with van der Waals surface area (Å²) in [6, 6.07) is 0.203. The standard InChI is InChI=1S/C15H28N2O4S/c1-11(2)22(20,21)12(3)15(19)17-9-7-16(8-10-17)13-5-4-6-14(13)18/h11-14,18H,4-10H2,1-3H3. The molecule has 2 rings (SSSR count). The number of nitrogens with zero attached hydrogens (tertiary/aromatic N) is 2. The number of aliphatic hydroxyl groups excluding tert-OH is 1. The molecule has 2 fully saturated rings. The van der Waals surface area contributed by atoms with Crippen molar-refractivity contribution in [1.29, 1.82) is 0 Å². The number of amides is 1. The van der Waals surface area contributed by atoms with Gasteiger partial charge in [0.25, 0.3) is 0 Å². The quantitative estimate of drug-likeness (QED) is 0.799. The Morgan fingerprint density at radius 3 is 2.14 bits per heavy atom. The minimum atomic E-state index is -3.41. The van der Waals surface area contributed by atoms with E-state index in [1.54, 1.807) is 18.7 Å². The van der Waals surface area contributed by atoms with E-state index in [1.807, 2.05) is 0 Å². The van der Waals surface area contributed by atoms with Crippen molar-refractivity contribution in [2.24, 2.45) is 0 Å². The van der Waals surface area contributed by atoms with Crippen LogP contribution in [0.15, 0.2) is 0 Å². The minimum Gasteiger partial charge on any atom is -0.391 e. The summed E-state index contributed by atoms with van der Waals surface area (Å²) in [5.74, 6) is -0.291. The molecule has 0 bridgehead atoms. The molecule has 128 valence electrons. The van der Waals surface area contributed by atoms with Gasteiger partial charge in [-0.05, 0) is 40.0 Å². The first-order valence-corrected chi connectivity index (χ1v) is 9.79. The van der Waals surface area contributed by atoms with Crippen molar-refractivity contribution in [2.75, 3.05) is 26.2 Å². The number of aliphatic hydroxyl groups is 1. The number of carbonyl (C=O) groups excluding carboxylic acids is 1. The maximum Gasteiger partial charge on any atom is 0.240 e. The lowest BCUT2D eigenvalue weighted by atomic mass is 10.1. The SMILES string of the molecule is CC(C)S(=O)(=O)C(C)C(=O)N1CCN(C2CCCC2O)CC1. The zero-order valence-corrected chi connectivity index (χ0v) is 14.6. The third-order valence-electron chi connectivity index (χ3n) is 5.04. The fourth-order valence-electron chi connectivity index (χ4n) is 3.43. The first-order chi connectivity index (χ1) is 10.2. The topological polar surface area (TPSA) is 77.9 Å². The summed E-state index contributed by atoms with van der Waals surface area (Å²) in [6.45, 7) is 7.21. The van der Waals surface area contributed by atoms with Crippen molar-refractivity contribution in [3.05, 3.63) is 0 Å². The highest BCUT2D eigenvalue weighted by atomic mass is 32.2. The largest absolute Gasteiger partial charge is 0.391 e. The third kappa shape index (κ3) is 3.46. The molecule has 1 saturated heterocycles. The average Bonchev–Trinajstić information content (AvgIpc) is 2.91. The summed E-state index contributed by atoms with van der Waals surface area (Å²) in [4.78, 5) is 16.3. The summed E-state index contributed by atoms with van der Waals surface area (Å²) in [5, 5.41) is 8.45. The van der Waals surface area contributed by atoms with E-state index < -0.39 is 20.3 Å². The Labute approximate surface area is 133 Å². The van der Waals surface area contributed by atoms with Gasteiger partial charge in [-0.25, -0.2) is 8.42 Å². The minimum absolute atomic E-state index is 0.203. The van der Waals surface area contributed by atoms with Crippen LogP contribution in [0.3, 0.4) is 0 Å². The summed E-state index contributed by atoms with van der Waals surface area (Å²) in [5.41, 5.74) is 0. The maximum atomic E-state index is 12.4. The third-order valence-corrected chi connectivity index (χ3v) is 7.54. The van der Waals surface area contributed by atoms with Gasteiger partial charge in [-0.2, -0.15) is 0 Å². The van der Waals surface area contributed by atoms with Crippen molar-refractivity contribution < 1.29 is 18.3 Å². The predicted molar refractivity (Wildman–Crippen MR) is 85.3 cm³/mol. The van der Waals surface area contributed by atoms with E-state index >= 15 is 0 Å². The monoisotopic (exact) mass is 332 g/mol. The highest BCUT2D eigenvalue weighted by molar-refractivity contribution is 7.93. The van der Waals surface area contributed by atoms with Crippen molar-refractivity contribution in [3.63, 3.8) is 0 Å². The molecule has 2 aliphatic rings. The molecule has 1 saturated carbocycles. The fourth-order valence-corrected chi connectivity index (χ4v) is 4.67. The van der Waals surface area contributed by atoms with Crippen LogP contribution in [0.4, 0.5) is 0 Å². The van der Waals surface area contributed by atoms with Crippen LogP contribution in [-0.4, -0.2) is 78.1 Å². The maximum absolute atomic E-state index is 12.4. The lowest BCUT2D eigenvalue weighted by molar-refractivity contribution is -0.132. The first kappa shape index (κ1) is 17.7. The van der Waals surface area contributed by atoms with Gasteiger partial charge >= 0.3 is 0 Å². The van der Waals surface area contributed by atoms with E-state index in [1.165, 1.54) is 6.92 Å². The van der Waals surface area contributed by atoms with E-state index in [9.17, 15) is 18.3 Å². The van der Waals surface area contributed by atoms with Gasteiger partial charge in [0.05, 0.1) is 11.4 Å². The van der Waals surface area contributed by atoms with E-state index in [0.29, 0.717) is 26.2 Å². The van der Waals surface area contributed by atoms with Crippen LogP contribution in [-0.2, 0) is 14.6 Å². The van der Waals surface area contributed by atoms with Gasteiger partial charge < -0.3 is 10.0 Å². The van der Waals surface area contributed by atoms with Crippen LogP contribution >= 0.6 is 0 Å². The molecular formula is C15H28N2O4S. The number of hydrogen-bond acceptors (Lipinski definition) is 5. The Morgan fingerprint density at radius 1 is 1.09 bits per heavy atom. The molecule has 1 aliphatic carbocycles. The Balaban J connectivity index is 1.92. The van der Waals surface area contributed by atoms with Crippen molar-refractivity contribution in [2.45, 2.75) is 62.7 Å². The number of sulfone groups is 1. The van der Waals surface area contributed by atoms with Crippen LogP contribution in [0.25, 0.3) is 0 Å². The molecule has 22 heavy (non-hydrogen) atoms. The van der Waals surface area contributed by atoms with Crippen molar-refractivity contribution in [1.82, 2.24) is 9.80 Å². The Hall–Kier alpha value is -0.660. The van der Waals surface area contributed by atoms with Crippen LogP contribution in [0.2, 0.25) is 0 Å². The zero-order chi connectivity index (χ0) is 16.5. The van der Waals surface area contributed by atoms with Gasteiger partial charge in [0.15, 0.2) is 9.84 Å². The molecular weight excluding hydrogens is 304 g/mol. The average molecular weight is 332 g/mol. The van der Waals surface area contributed by atoms with E-state index in [2.05, 4.69) is 4.90 Å². The van der Waals surface area contributed by atoms with Gasteiger partial charge in [0.2, 0.25) is 5.91 Å². The van der Waals surface area contributed by atoms with Gasteiger partial charge in [-0.15, -0.1) is 0 Å². The lowest BCUT2D eigenvalue weighted by Crippen LogP contribution is -2.56. The normalized spacial score (nSPS) is 29.0. The number of rotatable bonds is 4. The van der Waals surface area contributed by atoms with Gasteiger partial charge in [-0.3, -0.25) is 9.69 Å². The van der Waals surface area contributed by atoms with Crippen LogP contribution in [0.5, 0.6) is 0 Å². The molecule has 3 unspecified atom stereocenters. The molecule has 1 heterocycles. The Bertz CT molecular complexity index is 498. The number of piperazine rings is 1. The van der Waals surface area contributed by atoms with Gasteiger partial charge in [0.1, 0.15) is 5.25 Å². The molecule has 0 aromatic carbocycles. The zero-order valence-electron chi connectivity index (χ0n) is 13.7. The number of hydrogen-bond donors (Lipinski definition) is 1. The van der Waals surface area contributed by atoms with Crippen LogP contribution < -0.4 is 0 Å². The van der Waals surface area contributed by atoms with Gasteiger partial charge in [-0.1, -0.05) is 0 Å². The summed E-state index contributed by atoms with van der Waals surface area (Å²) in [6.07, 6.45) is 2.65. The van der Waals surface area contributed by atoms with Gasteiger partial charge in [0, 0.05) is 32.2 Å². The highest BCUT2D eigenvalue weighted by Crippen LogP contribution is 2.25. The Kier molecular flexibility index (Phi) is 5.50. The molecule has 1 N–H and O–H groups in total. The van der Waals surface area contributed by atoms with Crippen molar-refractivity contribution >= 4 is 15.7 Å². The van der Waals surface area contributed by atoms with Crippen LogP contribution in [0.1, 0.15) is 40.0 Å². The molecule has 3 atom stereocenters. The highest BCUT2D eigenvalue weighted by Gasteiger charge is 2.37. The molecule has 0 aromatic heterocycles. The molecule has 0 radical (unpaired) electrons.